The molecule has 0 aliphatic carbocycles. The third-order valence-corrected chi connectivity index (χ3v) is 1.26. The number of carboxylic acid groups (broad SMARTS) is 1. The lowest BCUT2D eigenvalue weighted by Crippen LogP contribution is -2.00. The number of aliphatic carboxylic acids is 1. The Morgan fingerprint density at radius 2 is 2.10 bits per heavy atom. The summed E-state index contributed by atoms with van der Waals surface area (Å²) in [6.07, 6.45) is 2.08. The zero-order chi connectivity index (χ0) is 7.98. The first-order chi connectivity index (χ1) is 4.63. The molecule has 3 heteroatoms. The number of carboxylic acids is 1. The zero-order valence-electron chi connectivity index (χ0n) is 6.21. The van der Waals surface area contributed by atoms with E-state index in [1.807, 2.05) is 0 Å². The third kappa shape index (κ3) is 7.43. The van der Waals surface area contributed by atoms with Crippen LogP contribution >= 0.6 is 0 Å². The first-order valence-corrected chi connectivity index (χ1v) is 3.53. The van der Waals surface area contributed by atoms with Crippen molar-refractivity contribution in [1.29, 1.82) is 0 Å². The molecule has 1 atom stereocenters. The van der Waals surface area contributed by atoms with Crippen LogP contribution in [-0.2, 0) is 4.79 Å². The summed E-state index contributed by atoms with van der Waals surface area (Å²) in [6.45, 7) is 1.71. The highest BCUT2D eigenvalue weighted by molar-refractivity contribution is 5.66. The molecule has 0 aliphatic rings. The predicted molar refractivity (Wildman–Crippen MR) is 37.8 cm³/mol. The Hall–Kier alpha value is -0.570. The van der Waals surface area contributed by atoms with E-state index in [0.717, 1.165) is 6.42 Å². The number of aliphatic hydroxyl groups excluding tert-OH is 1. The first kappa shape index (κ1) is 9.43. The van der Waals surface area contributed by atoms with Crippen LogP contribution in [0.4, 0.5) is 0 Å². The molecule has 0 saturated heterocycles. The normalized spacial score (nSPS) is 13.0. The second kappa shape index (κ2) is 5.23. The molecule has 0 unspecified atom stereocenters. The van der Waals surface area contributed by atoms with E-state index in [1.165, 1.54) is 0 Å². The minimum Gasteiger partial charge on any atom is -0.481 e. The second-order valence-electron chi connectivity index (χ2n) is 2.49. The van der Waals surface area contributed by atoms with Crippen LogP contribution in [0.5, 0.6) is 0 Å². The van der Waals surface area contributed by atoms with Crippen LogP contribution in [0.1, 0.15) is 32.6 Å². The molecule has 60 valence electrons. The Morgan fingerprint density at radius 1 is 1.50 bits per heavy atom. The van der Waals surface area contributed by atoms with Gasteiger partial charge in [0.1, 0.15) is 0 Å². The van der Waals surface area contributed by atoms with Gasteiger partial charge in [-0.3, -0.25) is 4.79 Å². The SMILES string of the molecule is C[C@@H](O)CCCCC(=O)O. The maximum Gasteiger partial charge on any atom is 0.303 e. The standard InChI is InChI=1S/C7H14O3/c1-6(8)4-2-3-5-7(9)10/h6,8H,2-5H2,1H3,(H,9,10)/t6-/m1/s1. The summed E-state index contributed by atoms with van der Waals surface area (Å²) < 4.78 is 0. The van der Waals surface area contributed by atoms with Gasteiger partial charge in [-0.25, -0.2) is 0 Å². The molecule has 0 bridgehead atoms. The van der Waals surface area contributed by atoms with E-state index >= 15 is 0 Å². The lowest BCUT2D eigenvalue weighted by atomic mass is 10.1. The Bertz CT molecular complexity index is 99.0. The van der Waals surface area contributed by atoms with Gasteiger partial charge >= 0.3 is 5.97 Å². The van der Waals surface area contributed by atoms with Crippen LogP contribution in [0, 0.1) is 0 Å². The first-order valence-electron chi connectivity index (χ1n) is 3.53. The highest BCUT2D eigenvalue weighted by Crippen LogP contribution is 2.02. The minimum absolute atomic E-state index is 0.215. The Morgan fingerprint density at radius 3 is 2.50 bits per heavy atom. The molecule has 0 aromatic heterocycles. The van der Waals surface area contributed by atoms with Gasteiger partial charge in [0.25, 0.3) is 0 Å². The molecule has 0 aromatic rings. The molecule has 0 heterocycles. The number of aliphatic hydroxyl groups is 1. The Kier molecular flexibility index (Phi) is 4.94. The van der Waals surface area contributed by atoms with E-state index in [4.69, 9.17) is 10.2 Å². The average Bonchev–Trinajstić information content (AvgIpc) is 1.79. The van der Waals surface area contributed by atoms with Gasteiger partial charge in [-0.05, 0) is 19.8 Å². The molecule has 0 fully saturated rings. The van der Waals surface area contributed by atoms with Gasteiger partial charge in [-0.1, -0.05) is 6.42 Å². The number of unbranched alkanes of at least 4 members (excludes halogenated alkanes) is 1. The summed E-state index contributed by atoms with van der Waals surface area (Å²) in [7, 11) is 0. The Balaban J connectivity index is 2.98. The van der Waals surface area contributed by atoms with Gasteiger partial charge in [0.05, 0.1) is 6.10 Å². The summed E-state index contributed by atoms with van der Waals surface area (Å²) >= 11 is 0. The molecule has 0 spiro atoms. The van der Waals surface area contributed by atoms with Crippen molar-refractivity contribution < 1.29 is 15.0 Å². The monoisotopic (exact) mass is 146 g/mol. The van der Waals surface area contributed by atoms with Gasteiger partial charge in [0.15, 0.2) is 0 Å². The molecule has 3 nitrogen and oxygen atoms in total. The molecule has 0 saturated carbocycles. The molecule has 0 aliphatic heterocycles. The van der Waals surface area contributed by atoms with Gasteiger partial charge < -0.3 is 10.2 Å². The highest BCUT2D eigenvalue weighted by Gasteiger charge is 1.98. The molecule has 0 radical (unpaired) electrons. The maximum atomic E-state index is 9.98. The molecular formula is C7H14O3. The molecule has 0 aromatic carbocycles. The van der Waals surface area contributed by atoms with Crippen molar-refractivity contribution in [1.82, 2.24) is 0 Å². The number of carbonyl (C=O) groups is 1. The fourth-order valence-corrected chi connectivity index (χ4v) is 0.716. The lowest BCUT2D eigenvalue weighted by molar-refractivity contribution is -0.137. The van der Waals surface area contributed by atoms with Gasteiger partial charge in [0.2, 0.25) is 0 Å². The van der Waals surface area contributed by atoms with Gasteiger partial charge in [-0.15, -0.1) is 0 Å². The van der Waals surface area contributed by atoms with E-state index in [0.29, 0.717) is 12.8 Å². The number of rotatable bonds is 5. The van der Waals surface area contributed by atoms with E-state index in [-0.39, 0.29) is 12.5 Å². The Labute approximate surface area is 60.7 Å². The van der Waals surface area contributed by atoms with E-state index in [9.17, 15) is 4.79 Å². The summed E-state index contributed by atoms with van der Waals surface area (Å²) in [5, 5.41) is 17.0. The van der Waals surface area contributed by atoms with E-state index in [1.54, 1.807) is 6.92 Å². The predicted octanol–water partition coefficient (Wildman–Crippen LogP) is 1.01. The quantitative estimate of drug-likeness (QED) is 0.569. The van der Waals surface area contributed by atoms with E-state index < -0.39 is 5.97 Å². The fraction of sp³-hybridized carbons (Fsp3) is 0.857. The summed E-state index contributed by atoms with van der Waals surface area (Å²) in [5.74, 6) is -0.759. The van der Waals surface area contributed by atoms with Crippen molar-refractivity contribution in [2.45, 2.75) is 38.7 Å². The molecule has 10 heavy (non-hydrogen) atoms. The molecule has 0 rings (SSSR count). The van der Waals surface area contributed by atoms with E-state index in [2.05, 4.69) is 0 Å². The summed E-state index contributed by atoms with van der Waals surface area (Å²) in [4.78, 5) is 9.98. The average molecular weight is 146 g/mol. The van der Waals surface area contributed by atoms with Crippen LogP contribution in [-0.4, -0.2) is 22.3 Å². The second-order valence-corrected chi connectivity index (χ2v) is 2.49. The number of hydrogen-bond donors (Lipinski definition) is 2. The fourth-order valence-electron chi connectivity index (χ4n) is 0.716. The van der Waals surface area contributed by atoms with Crippen molar-refractivity contribution in [3.63, 3.8) is 0 Å². The summed E-state index contributed by atoms with van der Waals surface area (Å²) in [6, 6.07) is 0. The lowest BCUT2D eigenvalue weighted by Gasteiger charge is -2.00. The van der Waals surface area contributed by atoms with Crippen molar-refractivity contribution in [3.8, 4) is 0 Å². The summed E-state index contributed by atoms with van der Waals surface area (Å²) in [5.41, 5.74) is 0. The van der Waals surface area contributed by atoms with Crippen LogP contribution in [0.15, 0.2) is 0 Å². The van der Waals surface area contributed by atoms with Crippen LogP contribution in [0.2, 0.25) is 0 Å². The van der Waals surface area contributed by atoms with Gasteiger partial charge in [-0.2, -0.15) is 0 Å². The minimum atomic E-state index is -0.759. The zero-order valence-corrected chi connectivity index (χ0v) is 6.21. The molecule has 2 N–H and O–H groups in total. The van der Waals surface area contributed by atoms with Crippen LogP contribution in [0.25, 0.3) is 0 Å². The van der Waals surface area contributed by atoms with Crippen molar-refractivity contribution in [2.75, 3.05) is 0 Å². The third-order valence-electron chi connectivity index (χ3n) is 1.26. The maximum absolute atomic E-state index is 9.98. The van der Waals surface area contributed by atoms with Crippen molar-refractivity contribution in [3.05, 3.63) is 0 Å². The van der Waals surface area contributed by atoms with Crippen LogP contribution < -0.4 is 0 Å². The van der Waals surface area contributed by atoms with Crippen molar-refractivity contribution in [2.24, 2.45) is 0 Å². The van der Waals surface area contributed by atoms with Gasteiger partial charge in [0, 0.05) is 6.42 Å². The van der Waals surface area contributed by atoms with Crippen LogP contribution in [0.3, 0.4) is 0 Å². The molecular weight excluding hydrogens is 132 g/mol. The topological polar surface area (TPSA) is 57.5 Å². The molecule has 0 amide bonds. The smallest absolute Gasteiger partial charge is 0.303 e. The van der Waals surface area contributed by atoms with Crippen molar-refractivity contribution >= 4 is 5.97 Å². The number of hydrogen-bond acceptors (Lipinski definition) is 2. The largest absolute Gasteiger partial charge is 0.481 e. The highest BCUT2D eigenvalue weighted by atomic mass is 16.4.